The number of hydrogen-bond acceptors (Lipinski definition) is 2. The summed E-state index contributed by atoms with van der Waals surface area (Å²) < 4.78 is 9.26. The summed E-state index contributed by atoms with van der Waals surface area (Å²) in [6.45, 7) is 2.25. The average molecular weight is 377 g/mol. The Kier molecular flexibility index (Phi) is 4.76. The molecule has 84 valence electrons. The predicted molar refractivity (Wildman–Crippen MR) is 71.5 cm³/mol. The highest BCUT2D eigenvalue weighted by Gasteiger charge is 2.43. The fourth-order valence-corrected chi connectivity index (χ4v) is 22.1. The van der Waals surface area contributed by atoms with Crippen LogP contribution in [0.25, 0.3) is 0 Å². The van der Waals surface area contributed by atoms with Crippen molar-refractivity contribution in [2.24, 2.45) is 9.03 Å². The zero-order valence-electron chi connectivity index (χ0n) is 6.66. The summed E-state index contributed by atoms with van der Waals surface area (Å²) in [7, 11) is 0. The topological polar surface area (TPSA) is 27.7 Å². The van der Waals surface area contributed by atoms with Gasteiger partial charge in [0, 0.05) is 45.0 Å². The van der Waals surface area contributed by atoms with E-state index in [0.29, 0.717) is 6.54 Å². The molecule has 0 spiro atoms. The molecular formula is C2H5Cl6N3P3+. The molecule has 0 saturated heterocycles. The van der Waals surface area contributed by atoms with Crippen LogP contribution in [0.1, 0.15) is 6.92 Å². The Bertz CT molecular complexity index is 403. The second kappa shape index (κ2) is 4.60. The average Bonchev–Trinajstić information content (AvgIpc) is 1.76. The summed E-state index contributed by atoms with van der Waals surface area (Å²) in [5.41, 5.74) is 0. The maximum absolute atomic E-state index is 6.00. The van der Waals surface area contributed by atoms with E-state index >= 15 is 0 Å². The van der Waals surface area contributed by atoms with E-state index in [0.717, 1.165) is 0 Å². The minimum atomic E-state index is -2.91. The molecule has 14 heavy (non-hydrogen) atoms. The van der Waals surface area contributed by atoms with Gasteiger partial charge in [0.2, 0.25) is 0 Å². The highest BCUT2D eigenvalue weighted by Crippen LogP contribution is 2.86. The summed E-state index contributed by atoms with van der Waals surface area (Å²) in [4.78, 5) is 0. The second-order valence-corrected chi connectivity index (χ2v) is 17.7. The van der Waals surface area contributed by atoms with Crippen molar-refractivity contribution in [3.05, 3.63) is 0 Å². The van der Waals surface area contributed by atoms with E-state index in [1.165, 1.54) is 4.10 Å². The van der Waals surface area contributed by atoms with E-state index in [1.807, 2.05) is 0 Å². The molecule has 0 atom stereocenters. The molecule has 0 aromatic carbocycles. The van der Waals surface area contributed by atoms with Crippen LogP contribution in [0.15, 0.2) is 9.03 Å². The van der Waals surface area contributed by atoms with E-state index in [9.17, 15) is 0 Å². The fraction of sp³-hybridized carbons (Fsp3) is 1.00. The zero-order valence-corrected chi connectivity index (χ0v) is 13.9. The van der Waals surface area contributed by atoms with Gasteiger partial charge in [-0.2, -0.15) is 4.10 Å². The summed E-state index contributed by atoms with van der Waals surface area (Å²) in [6, 6.07) is 0. The van der Waals surface area contributed by atoms with Crippen LogP contribution < -0.4 is 0 Å². The fourth-order valence-electron chi connectivity index (χ4n) is 0.839. The Balaban J connectivity index is 3.63. The van der Waals surface area contributed by atoms with Crippen molar-refractivity contribution in [2.45, 2.75) is 6.92 Å². The van der Waals surface area contributed by atoms with Gasteiger partial charge >= 0.3 is 11.8 Å². The molecule has 0 N–H and O–H groups in total. The first-order valence-electron chi connectivity index (χ1n) is 3.24. The molecule has 1 rings (SSSR count). The lowest BCUT2D eigenvalue weighted by Gasteiger charge is -2.18. The Labute approximate surface area is 111 Å². The summed E-state index contributed by atoms with van der Waals surface area (Å²) in [5.74, 6) is -8.53. The van der Waals surface area contributed by atoms with Gasteiger partial charge in [-0.15, -0.1) is 9.03 Å². The van der Waals surface area contributed by atoms with Gasteiger partial charge in [0.05, 0.1) is 0 Å². The molecule has 0 unspecified atom stereocenters. The minimum Gasteiger partial charge on any atom is -0.168 e. The van der Waals surface area contributed by atoms with E-state index in [4.69, 9.17) is 67.4 Å². The first-order valence-corrected chi connectivity index (χ1v) is 13.8. The second-order valence-electron chi connectivity index (χ2n) is 2.23. The van der Waals surface area contributed by atoms with Crippen LogP contribution in [0.2, 0.25) is 0 Å². The summed E-state index contributed by atoms with van der Waals surface area (Å²) >= 11 is 35.6. The third-order valence-electron chi connectivity index (χ3n) is 1.27. The van der Waals surface area contributed by atoms with Crippen molar-refractivity contribution >= 4 is 85.2 Å². The van der Waals surface area contributed by atoms with Gasteiger partial charge in [0.1, 0.15) is 6.54 Å². The Hall–Kier alpha value is 2.43. The monoisotopic (exact) mass is 374 g/mol. The molecule has 1 heterocycles. The van der Waals surface area contributed by atoms with Gasteiger partial charge in [-0.25, -0.2) is 0 Å². The summed E-state index contributed by atoms with van der Waals surface area (Å²) in [5, 5.41) is 0. The molecular weight excluding hydrogens is 372 g/mol. The zero-order chi connectivity index (χ0) is 11.2. The smallest absolute Gasteiger partial charge is 0.168 e. The largest absolute Gasteiger partial charge is 0.395 e. The Morgan fingerprint density at radius 3 is 1.86 bits per heavy atom. The van der Waals surface area contributed by atoms with Crippen LogP contribution in [-0.4, -0.2) is 10.6 Å². The van der Waals surface area contributed by atoms with E-state index in [1.54, 1.807) is 6.92 Å². The van der Waals surface area contributed by atoms with Crippen LogP contribution in [-0.2, 0) is 0 Å². The molecule has 1 aliphatic rings. The highest BCUT2D eigenvalue weighted by atomic mass is 35.9. The maximum Gasteiger partial charge on any atom is 0.395 e. The van der Waals surface area contributed by atoms with Crippen LogP contribution in [0.4, 0.5) is 0 Å². The van der Waals surface area contributed by atoms with Crippen molar-refractivity contribution in [1.82, 2.24) is 0 Å². The number of hydrogen-bond donors (Lipinski definition) is 0. The van der Waals surface area contributed by atoms with Gasteiger partial charge in [-0.3, -0.25) is 0 Å². The number of halogens is 6. The molecule has 0 saturated carbocycles. The molecule has 3 nitrogen and oxygen atoms in total. The Morgan fingerprint density at radius 1 is 1.00 bits per heavy atom. The summed E-state index contributed by atoms with van der Waals surface area (Å²) in [6.07, 6.45) is 0. The lowest BCUT2D eigenvalue weighted by Crippen LogP contribution is -2.00. The SMILES string of the molecule is CC[N+]1=P(Cl)(Cl)N=P(Cl)(Cl)N=P1(Cl)Cl. The molecule has 0 amide bonds. The van der Waals surface area contributed by atoms with Crippen LogP contribution in [0, 0.1) is 0 Å². The highest BCUT2D eigenvalue weighted by molar-refractivity contribution is 8.23. The minimum absolute atomic E-state index is 0.447. The van der Waals surface area contributed by atoms with Gasteiger partial charge in [-0.05, 0) is 29.4 Å². The quantitative estimate of drug-likeness (QED) is 0.429. The van der Waals surface area contributed by atoms with Gasteiger partial charge < -0.3 is 0 Å². The third kappa shape index (κ3) is 3.22. The molecule has 0 radical (unpaired) electrons. The van der Waals surface area contributed by atoms with E-state index in [2.05, 4.69) is 9.03 Å². The predicted octanol–water partition coefficient (Wildman–Crippen LogP) is 7.30. The normalized spacial score (nSPS) is 27.8. The van der Waals surface area contributed by atoms with Crippen molar-refractivity contribution in [3.63, 3.8) is 0 Å². The first kappa shape index (κ1) is 14.5. The standard InChI is InChI=1S/C2H5Cl6N3P3/c1-2-11-13(5,6)9-12(3,4)10-14(11,7)8/h2H2,1H3/q+1. The third-order valence-corrected chi connectivity index (χ3v) is 16.3. The van der Waals surface area contributed by atoms with Crippen LogP contribution in [0.3, 0.4) is 0 Å². The van der Waals surface area contributed by atoms with Crippen molar-refractivity contribution in [2.75, 3.05) is 6.54 Å². The number of rotatable bonds is 1. The Morgan fingerprint density at radius 2 is 1.50 bits per heavy atom. The lowest BCUT2D eigenvalue weighted by atomic mass is 10.8. The molecule has 12 heteroatoms. The van der Waals surface area contributed by atoms with Crippen LogP contribution in [0.5, 0.6) is 0 Å². The number of nitrogens with zero attached hydrogens (tertiary/aromatic N) is 3. The molecule has 0 fully saturated rings. The van der Waals surface area contributed by atoms with Gasteiger partial charge in [0.25, 0.3) is 5.91 Å². The molecule has 0 bridgehead atoms. The maximum atomic E-state index is 6.00. The first-order chi connectivity index (χ1) is 6.11. The van der Waals surface area contributed by atoms with Crippen molar-refractivity contribution < 1.29 is 4.10 Å². The van der Waals surface area contributed by atoms with Crippen LogP contribution >= 0.6 is 85.2 Å². The lowest BCUT2D eigenvalue weighted by molar-refractivity contribution is -0.330. The van der Waals surface area contributed by atoms with Crippen molar-refractivity contribution in [3.8, 4) is 0 Å². The van der Waals surface area contributed by atoms with E-state index < -0.39 is 17.7 Å². The van der Waals surface area contributed by atoms with Gasteiger partial charge in [-0.1, -0.05) is 0 Å². The van der Waals surface area contributed by atoms with E-state index in [-0.39, 0.29) is 0 Å². The molecule has 1 aliphatic heterocycles. The van der Waals surface area contributed by atoms with Gasteiger partial charge in [0.15, 0.2) is 0 Å². The molecule has 0 aliphatic carbocycles. The van der Waals surface area contributed by atoms with Crippen molar-refractivity contribution in [1.29, 1.82) is 0 Å². The molecule has 0 aromatic heterocycles. The molecule has 0 aromatic rings.